The summed E-state index contributed by atoms with van der Waals surface area (Å²) in [5.41, 5.74) is 0. The van der Waals surface area contributed by atoms with Crippen LogP contribution in [0.5, 0.6) is 23.0 Å². The van der Waals surface area contributed by atoms with Crippen LogP contribution in [-0.4, -0.2) is 21.1 Å². The number of hydrogen-bond acceptors (Lipinski definition) is 2. The fraction of sp³-hybridized carbons (Fsp3) is 0. The van der Waals surface area contributed by atoms with Gasteiger partial charge in [-0.15, -0.1) is 0 Å². The van der Waals surface area contributed by atoms with Gasteiger partial charge >= 0.3 is 170 Å². The van der Waals surface area contributed by atoms with Crippen LogP contribution in [0.4, 0.5) is 0 Å². The van der Waals surface area contributed by atoms with Crippen molar-refractivity contribution in [3.05, 3.63) is 109 Å². The second kappa shape index (κ2) is 8.78. The van der Waals surface area contributed by atoms with E-state index in [-0.39, 0.29) is 0 Å². The molecular weight excluding hydrogens is 439 g/mol. The molecule has 4 aromatic rings. The molecule has 128 valence electrons. The van der Waals surface area contributed by atoms with Gasteiger partial charge < -0.3 is 0 Å². The average molecular weight is 457 g/mol. The van der Waals surface area contributed by atoms with Crippen molar-refractivity contribution < 1.29 is 9.47 Å². The predicted molar refractivity (Wildman–Crippen MR) is 111 cm³/mol. The molecule has 0 spiro atoms. The Morgan fingerprint density at radius 1 is 0.370 bits per heavy atom. The molecule has 27 heavy (non-hydrogen) atoms. The van der Waals surface area contributed by atoms with Crippen LogP contribution < -0.4 is 16.6 Å². The van der Waals surface area contributed by atoms with Crippen molar-refractivity contribution in [3.63, 3.8) is 0 Å². The Bertz CT molecular complexity index is 883. The number of rotatable bonds is 6. The predicted octanol–water partition coefficient (Wildman–Crippen LogP) is 4.93. The fourth-order valence-electron chi connectivity index (χ4n) is 2.63. The Balaban J connectivity index is 1.37. The minimum absolute atomic E-state index is 0.830. The van der Waals surface area contributed by atoms with Crippen LogP contribution in [0.2, 0.25) is 0 Å². The molecule has 0 aliphatic carbocycles. The van der Waals surface area contributed by atoms with E-state index in [1.165, 1.54) is 7.16 Å². The Hall–Kier alpha value is -2.72. The molecule has 0 aromatic heterocycles. The van der Waals surface area contributed by atoms with Crippen molar-refractivity contribution in [1.82, 2.24) is 0 Å². The molecule has 0 heterocycles. The zero-order valence-electron chi connectivity index (χ0n) is 14.7. The van der Waals surface area contributed by atoms with Crippen LogP contribution in [0.3, 0.4) is 0 Å². The zero-order chi connectivity index (χ0) is 18.3. The van der Waals surface area contributed by atoms with E-state index in [0.29, 0.717) is 0 Å². The van der Waals surface area contributed by atoms with E-state index in [1.54, 1.807) is 0 Å². The summed E-state index contributed by atoms with van der Waals surface area (Å²) in [6, 6.07) is 36.6. The molecule has 4 rings (SSSR count). The summed E-state index contributed by atoms with van der Waals surface area (Å²) in [6.45, 7) is 0. The van der Waals surface area contributed by atoms with Gasteiger partial charge in [0, 0.05) is 0 Å². The molecule has 3 heteroatoms. The third-order valence-electron chi connectivity index (χ3n) is 3.96. The van der Waals surface area contributed by atoms with Gasteiger partial charge in [-0.05, 0) is 0 Å². The van der Waals surface area contributed by atoms with Crippen molar-refractivity contribution in [3.8, 4) is 23.0 Å². The first-order chi connectivity index (χ1) is 13.3. The summed E-state index contributed by atoms with van der Waals surface area (Å²) in [5.74, 6) is 3.46. The SMILES string of the molecule is c1ccc(Oc2cc[c]([Sn+2][c]3ccc(Oc4ccccc4)cc3)cc2)cc1. The van der Waals surface area contributed by atoms with Gasteiger partial charge in [-0.3, -0.25) is 0 Å². The van der Waals surface area contributed by atoms with Crippen LogP contribution in [0.15, 0.2) is 109 Å². The molecule has 0 fully saturated rings. The molecule has 2 nitrogen and oxygen atoms in total. The first-order valence-electron chi connectivity index (χ1n) is 8.78. The van der Waals surface area contributed by atoms with Gasteiger partial charge in [-0.1, -0.05) is 0 Å². The zero-order valence-corrected chi connectivity index (χ0v) is 17.6. The summed E-state index contributed by atoms with van der Waals surface area (Å²) in [5, 5.41) is 0. The fourth-order valence-corrected chi connectivity index (χ4v) is 5.48. The molecule has 0 bridgehead atoms. The van der Waals surface area contributed by atoms with Crippen LogP contribution in [0, 0.1) is 0 Å². The maximum atomic E-state index is 5.86. The van der Waals surface area contributed by atoms with Crippen LogP contribution in [-0.2, 0) is 0 Å². The van der Waals surface area contributed by atoms with Crippen LogP contribution in [0.25, 0.3) is 0 Å². The molecule has 0 N–H and O–H groups in total. The van der Waals surface area contributed by atoms with Crippen LogP contribution in [0.1, 0.15) is 0 Å². The van der Waals surface area contributed by atoms with Gasteiger partial charge in [0.25, 0.3) is 0 Å². The molecular formula is C24H18O2Sn+2. The van der Waals surface area contributed by atoms with Crippen molar-refractivity contribution in [1.29, 1.82) is 0 Å². The Labute approximate surface area is 169 Å². The molecule has 4 aromatic carbocycles. The number of benzene rings is 4. The molecule has 0 aliphatic heterocycles. The van der Waals surface area contributed by atoms with Gasteiger partial charge in [0.05, 0.1) is 0 Å². The van der Waals surface area contributed by atoms with Gasteiger partial charge in [0.1, 0.15) is 0 Å². The Morgan fingerprint density at radius 3 is 1.07 bits per heavy atom. The van der Waals surface area contributed by atoms with Gasteiger partial charge in [-0.2, -0.15) is 0 Å². The van der Waals surface area contributed by atoms with Crippen molar-refractivity contribution in [2.45, 2.75) is 0 Å². The van der Waals surface area contributed by atoms with Gasteiger partial charge in [0.2, 0.25) is 0 Å². The standard InChI is InChI=1S/2C12H9O.Sn/c2*1-3-7-11(8-4-1)13-12-9-5-2-6-10-12;/h2*1,3-10H;/q;;+2. The summed E-state index contributed by atoms with van der Waals surface area (Å²) >= 11 is -0.830. The maximum absolute atomic E-state index is 5.86. The first-order valence-corrected chi connectivity index (χ1v) is 11.6. The van der Waals surface area contributed by atoms with Gasteiger partial charge in [0.15, 0.2) is 0 Å². The van der Waals surface area contributed by atoms with E-state index in [1.807, 2.05) is 60.7 Å². The normalized spacial score (nSPS) is 10.1. The Kier molecular flexibility index (Phi) is 5.75. The minimum atomic E-state index is -0.830. The molecule has 0 aliphatic rings. The second-order valence-electron chi connectivity index (χ2n) is 6.00. The van der Waals surface area contributed by atoms with E-state index < -0.39 is 21.1 Å². The quantitative estimate of drug-likeness (QED) is 0.383. The van der Waals surface area contributed by atoms with E-state index in [9.17, 15) is 0 Å². The third-order valence-corrected chi connectivity index (χ3v) is 7.51. The van der Waals surface area contributed by atoms with Gasteiger partial charge in [-0.25, -0.2) is 0 Å². The molecule has 0 saturated heterocycles. The monoisotopic (exact) mass is 458 g/mol. The first kappa shape index (κ1) is 17.7. The van der Waals surface area contributed by atoms with Crippen molar-refractivity contribution in [2.75, 3.05) is 0 Å². The number of ether oxygens (including phenoxy) is 2. The van der Waals surface area contributed by atoms with Crippen molar-refractivity contribution in [2.24, 2.45) is 0 Å². The number of para-hydroxylation sites is 2. The summed E-state index contributed by atoms with van der Waals surface area (Å²) in [4.78, 5) is 0. The Morgan fingerprint density at radius 2 is 0.704 bits per heavy atom. The van der Waals surface area contributed by atoms with E-state index in [4.69, 9.17) is 9.47 Å². The van der Waals surface area contributed by atoms with Crippen LogP contribution >= 0.6 is 0 Å². The average Bonchev–Trinajstić information content (AvgIpc) is 2.73. The molecule has 0 unspecified atom stereocenters. The summed E-state index contributed by atoms with van der Waals surface area (Å²) in [7, 11) is 0. The molecule has 0 saturated carbocycles. The molecule has 0 radical (unpaired) electrons. The topological polar surface area (TPSA) is 18.5 Å². The van der Waals surface area contributed by atoms with E-state index >= 15 is 0 Å². The molecule has 0 atom stereocenters. The summed E-state index contributed by atoms with van der Waals surface area (Å²) < 4.78 is 14.5. The third kappa shape index (κ3) is 5.14. The number of hydrogen-bond donors (Lipinski definition) is 0. The van der Waals surface area contributed by atoms with E-state index in [2.05, 4.69) is 48.5 Å². The summed E-state index contributed by atoms with van der Waals surface area (Å²) in [6.07, 6.45) is 0. The second-order valence-corrected chi connectivity index (χ2v) is 10.0. The van der Waals surface area contributed by atoms with Crippen molar-refractivity contribution >= 4 is 28.3 Å². The van der Waals surface area contributed by atoms with E-state index in [0.717, 1.165) is 23.0 Å². The molecule has 0 amide bonds.